The molecule has 0 bridgehead atoms. The molecule has 7 nitrogen and oxygen atoms in total. The Morgan fingerprint density at radius 3 is 2.88 bits per heavy atom. The van der Waals surface area contributed by atoms with Gasteiger partial charge >= 0.3 is 0 Å². The fourth-order valence-corrected chi connectivity index (χ4v) is 2.72. The third-order valence-corrected chi connectivity index (χ3v) is 4.15. The lowest BCUT2D eigenvalue weighted by Gasteiger charge is -2.23. The van der Waals surface area contributed by atoms with Crippen molar-refractivity contribution in [1.29, 1.82) is 0 Å². The Morgan fingerprint density at radius 1 is 1.36 bits per heavy atom. The lowest BCUT2D eigenvalue weighted by molar-refractivity contribution is -0.122. The van der Waals surface area contributed by atoms with Gasteiger partial charge in [-0.25, -0.2) is 0 Å². The van der Waals surface area contributed by atoms with Crippen LogP contribution in [0.4, 0.5) is 0 Å². The van der Waals surface area contributed by atoms with E-state index in [9.17, 15) is 4.79 Å². The average Bonchev–Trinajstić information content (AvgIpc) is 3.12. The predicted molar refractivity (Wildman–Crippen MR) is 93.1 cm³/mol. The van der Waals surface area contributed by atoms with Crippen LogP contribution in [0.25, 0.3) is 11.5 Å². The van der Waals surface area contributed by atoms with Crippen molar-refractivity contribution in [2.45, 2.75) is 32.2 Å². The molecule has 7 heteroatoms. The maximum Gasteiger partial charge on any atom is 0.257 e. The summed E-state index contributed by atoms with van der Waals surface area (Å²) in [4.78, 5) is 16.3. The van der Waals surface area contributed by atoms with Crippen LogP contribution in [0.3, 0.4) is 0 Å². The zero-order valence-electron chi connectivity index (χ0n) is 14.5. The highest BCUT2D eigenvalue weighted by Gasteiger charge is 2.16. The molecule has 0 spiro atoms. The van der Waals surface area contributed by atoms with Gasteiger partial charge in [0.25, 0.3) is 5.89 Å². The predicted octanol–water partition coefficient (Wildman–Crippen LogP) is 1.34. The largest absolute Gasteiger partial charge is 0.378 e. The van der Waals surface area contributed by atoms with Gasteiger partial charge in [0.15, 0.2) is 5.82 Å². The van der Waals surface area contributed by atoms with Crippen LogP contribution in [-0.2, 0) is 22.4 Å². The number of ether oxygens (including phenoxy) is 1. The summed E-state index contributed by atoms with van der Waals surface area (Å²) in [6.07, 6.45) is 1.99. The van der Waals surface area contributed by atoms with Crippen molar-refractivity contribution in [2.24, 2.45) is 0 Å². The molecular weight excluding hydrogens is 320 g/mol. The first-order valence-electron chi connectivity index (χ1n) is 8.74. The minimum absolute atomic E-state index is 0.0533. The molecule has 1 unspecified atom stereocenters. The van der Waals surface area contributed by atoms with Gasteiger partial charge in [0.1, 0.15) is 0 Å². The highest BCUT2D eigenvalue weighted by molar-refractivity contribution is 5.76. The summed E-state index contributed by atoms with van der Waals surface area (Å²) in [5.41, 5.74) is 2.06. The molecule has 1 amide bonds. The van der Waals surface area contributed by atoms with Crippen molar-refractivity contribution < 1.29 is 14.1 Å². The Morgan fingerprint density at radius 2 is 2.20 bits per heavy atom. The number of rotatable bonds is 7. The van der Waals surface area contributed by atoms with Crippen molar-refractivity contribution in [1.82, 2.24) is 20.8 Å². The number of carbonyl (C=O) groups excluding carboxylic acids is 1. The molecule has 25 heavy (non-hydrogen) atoms. The van der Waals surface area contributed by atoms with Gasteiger partial charge in [-0.3, -0.25) is 4.79 Å². The summed E-state index contributed by atoms with van der Waals surface area (Å²) in [7, 11) is 0. The second-order valence-electron chi connectivity index (χ2n) is 6.10. The van der Waals surface area contributed by atoms with Gasteiger partial charge in [-0.15, -0.1) is 0 Å². The number of amides is 1. The summed E-state index contributed by atoms with van der Waals surface area (Å²) in [6, 6.07) is 8.10. The highest BCUT2D eigenvalue weighted by Crippen LogP contribution is 2.18. The molecule has 1 aliphatic heterocycles. The van der Waals surface area contributed by atoms with Crippen LogP contribution in [0, 0.1) is 0 Å². The van der Waals surface area contributed by atoms with E-state index >= 15 is 0 Å². The Hall–Kier alpha value is -2.25. The number of nitrogens with one attached hydrogen (secondary N) is 2. The lowest BCUT2D eigenvalue weighted by Crippen LogP contribution is -2.44. The second kappa shape index (κ2) is 8.73. The molecule has 3 rings (SSSR count). The SMILES string of the molecule is CCc1noc(-c2ccc(CCNC(=O)CC3COCCN3)cc2)n1. The molecule has 1 aromatic heterocycles. The van der Waals surface area contributed by atoms with Gasteiger partial charge in [-0.1, -0.05) is 24.2 Å². The van der Waals surface area contributed by atoms with E-state index in [2.05, 4.69) is 20.8 Å². The quantitative estimate of drug-likeness (QED) is 0.788. The number of morpholine rings is 1. The smallest absolute Gasteiger partial charge is 0.257 e. The zero-order chi connectivity index (χ0) is 17.5. The third kappa shape index (κ3) is 5.11. The molecule has 2 aromatic rings. The number of benzene rings is 1. The van der Waals surface area contributed by atoms with Crippen molar-refractivity contribution >= 4 is 5.91 Å². The number of aromatic nitrogens is 2. The summed E-state index contributed by atoms with van der Waals surface area (Å²) in [5, 5.41) is 10.1. The number of nitrogens with zero attached hydrogens (tertiary/aromatic N) is 2. The average molecular weight is 344 g/mol. The van der Waals surface area contributed by atoms with Crippen molar-refractivity contribution in [2.75, 3.05) is 26.3 Å². The van der Waals surface area contributed by atoms with Crippen LogP contribution in [0.15, 0.2) is 28.8 Å². The van der Waals surface area contributed by atoms with E-state index in [4.69, 9.17) is 9.26 Å². The number of hydrogen-bond donors (Lipinski definition) is 2. The third-order valence-electron chi connectivity index (χ3n) is 4.15. The van der Waals surface area contributed by atoms with Crippen molar-refractivity contribution in [3.8, 4) is 11.5 Å². The molecule has 134 valence electrons. The number of carbonyl (C=O) groups is 1. The van der Waals surface area contributed by atoms with Crippen LogP contribution < -0.4 is 10.6 Å². The van der Waals surface area contributed by atoms with Crippen molar-refractivity contribution in [3.63, 3.8) is 0 Å². The second-order valence-corrected chi connectivity index (χ2v) is 6.10. The van der Waals surface area contributed by atoms with Gasteiger partial charge in [0.2, 0.25) is 5.91 Å². The molecule has 1 saturated heterocycles. The van der Waals surface area contributed by atoms with Gasteiger partial charge in [-0.05, 0) is 24.1 Å². The van der Waals surface area contributed by atoms with E-state index in [1.807, 2.05) is 31.2 Å². The maximum absolute atomic E-state index is 11.9. The zero-order valence-corrected chi connectivity index (χ0v) is 14.5. The van der Waals surface area contributed by atoms with Gasteiger partial charge in [0.05, 0.1) is 13.2 Å². The first kappa shape index (κ1) is 17.6. The summed E-state index contributed by atoms with van der Waals surface area (Å²) in [5.74, 6) is 1.30. The standard InChI is InChI=1S/C18H24N4O3/c1-2-16-21-18(25-22-16)14-5-3-13(4-6-14)7-8-20-17(23)11-15-12-24-10-9-19-15/h3-6,15,19H,2,7-12H2,1H3,(H,20,23). The van der Waals surface area contributed by atoms with E-state index in [1.54, 1.807) is 0 Å². The topological polar surface area (TPSA) is 89.3 Å². The highest BCUT2D eigenvalue weighted by atomic mass is 16.5. The van der Waals surface area contributed by atoms with Crippen LogP contribution in [-0.4, -0.2) is 48.4 Å². The van der Waals surface area contributed by atoms with E-state index in [0.717, 1.165) is 37.1 Å². The maximum atomic E-state index is 11.9. The molecule has 0 radical (unpaired) electrons. The van der Waals surface area contributed by atoms with Crippen LogP contribution in [0.5, 0.6) is 0 Å². The Bertz CT molecular complexity index is 678. The van der Waals surface area contributed by atoms with Gasteiger partial charge in [0, 0.05) is 37.5 Å². The fourth-order valence-electron chi connectivity index (χ4n) is 2.72. The van der Waals surface area contributed by atoms with E-state index in [0.29, 0.717) is 31.3 Å². The van der Waals surface area contributed by atoms with Gasteiger partial charge < -0.3 is 19.9 Å². The Balaban J connectivity index is 1.43. The summed E-state index contributed by atoms with van der Waals surface area (Å²) in [6.45, 7) is 4.74. The van der Waals surface area contributed by atoms with E-state index in [-0.39, 0.29) is 11.9 Å². The summed E-state index contributed by atoms with van der Waals surface area (Å²) < 4.78 is 10.6. The van der Waals surface area contributed by atoms with Crippen LogP contribution in [0.2, 0.25) is 0 Å². The first-order valence-corrected chi connectivity index (χ1v) is 8.74. The normalized spacial score (nSPS) is 17.4. The molecular formula is C18H24N4O3. The molecule has 1 aromatic carbocycles. The Labute approximate surface area is 147 Å². The van der Waals surface area contributed by atoms with E-state index < -0.39 is 0 Å². The molecule has 1 atom stereocenters. The molecule has 1 fully saturated rings. The minimum atomic E-state index is 0.0533. The lowest BCUT2D eigenvalue weighted by atomic mass is 10.1. The molecule has 2 N–H and O–H groups in total. The fraction of sp³-hybridized carbons (Fsp3) is 0.500. The van der Waals surface area contributed by atoms with Gasteiger partial charge in [-0.2, -0.15) is 4.98 Å². The Kier molecular flexibility index (Phi) is 6.14. The monoisotopic (exact) mass is 344 g/mol. The minimum Gasteiger partial charge on any atom is -0.378 e. The summed E-state index contributed by atoms with van der Waals surface area (Å²) >= 11 is 0. The molecule has 0 aliphatic carbocycles. The molecule has 1 aliphatic rings. The van der Waals surface area contributed by atoms with Crippen LogP contribution >= 0.6 is 0 Å². The molecule has 2 heterocycles. The van der Waals surface area contributed by atoms with Crippen LogP contribution in [0.1, 0.15) is 24.7 Å². The number of aryl methyl sites for hydroxylation is 1. The molecule has 0 saturated carbocycles. The number of hydrogen-bond acceptors (Lipinski definition) is 6. The first-order chi connectivity index (χ1) is 12.2. The van der Waals surface area contributed by atoms with Crippen molar-refractivity contribution in [3.05, 3.63) is 35.7 Å². The van der Waals surface area contributed by atoms with E-state index in [1.165, 1.54) is 0 Å².